The highest BCUT2D eigenvalue weighted by Gasteiger charge is 2.51. The summed E-state index contributed by atoms with van der Waals surface area (Å²) in [5, 5.41) is 13.8. The monoisotopic (exact) mass is 624 g/mol. The Balaban J connectivity index is 2.69. The molecule has 2 aromatic rings. The van der Waals surface area contributed by atoms with Crippen molar-refractivity contribution >= 4 is 45.0 Å². The molecule has 1 heterocycles. The Labute approximate surface area is 226 Å². The molecule has 1 aromatic heterocycles. The molecule has 1 atom stereocenters. The van der Waals surface area contributed by atoms with E-state index in [1.165, 1.54) is 6.07 Å². The van der Waals surface area contributed by atoms with E-state index in [1.807, 2.05) is 0 Å². The van der Waals surface area contributed by atoms with E-state index in [0.717, 1.165) is 13.8 Å². The predicted octanol–water partition coefficient (Wildman–Crippen LogP) is 3.95. The second kappa shape index (κ2) is 12.0. The second-order valence-corrected chi connectivity index (χ2v) is 10.2. The van der Waals surface area contributed by atoms with Crippen molar-refractivity contribution in [2.75, 3.05) is 13.2 Å². The van der Waals surface area contributed by atoms with Crippen LogP contribution in [-0.4, -0.2) is 54.9 Å². The Morgan fingerprint density at radius 2 is 1.69 bits per heavy atom. The molecule has 214 valence electrons. The summed E-state index contributed by atoms with van der Waals surface area (Å²) in [6, 6.07) is 1.96. The molecule has 0 radical (unpaired) electrons. The molecular formula is C20H16Cl2F6N4O6S. The van der Waals surface area contributed by atoms with E-state index >= 15 is 0 Å². The predicted molar refractivity (Wildman–Crippen MR) is 120 cm³/mol. The van der Waals surface area contributed by atoms with Crippen molar-refractivity contribution in [2.24, 2.45) is 0 Å². The lowest BCUT2D eigenvalue weighted by atomic mass is 10.2. The number of sulfone groups is 1. The fraction of sp³-hybridized carbons (Fsp3) is 0.400. The number of nitrogens with zero attached hydrogens (tertiary/aromatic N) is 3. The molecule has 0 spiro atoms. The van der Waals surface area contributed by atoms with E-state index in [0.29, 0.717) is 16.8 Å². The maximum Gasteiger partial charge on any atom is 0.502 e. The molecule has 1 N–H and O–H groups in total. The van der Waals surface area contributed by atoms with E-state index in [1.54, 1.807) is 0 Å². The van der Waals surface area contributed by atoms with E-state index in [2.05, 4.69) is 10.4 Å². The molecule has 0 saturated heterocycles. The molecule has 0 saturated carbocycles. The van der Waals surface area contributed by atoms with Gasteiger partial charge in [0.05, 0.1) is 21.3 Å². The molecule has 0 bridgehead atoms. The first-order valence-electron chi connectivity index (χ1n) is 10.2. The fourth-order valence-electron chi connectivity index (χ4n) is 3.11. The van der Waals surface area contributed by atoms with Crippen molar-refractivity contribution in [3.63, 3.8) is 0 Å². The van der Waals surface area contributed by atoms with Crippen molar-refractivity contribution in [2.45, 2.75) is 43.1 Å². The maximum absolute atomic E-state index is 13.5. The lowest BCUT2D eigenvalue weighted by Crippen LogP contribution is -2.35. The number of halogens is 8. The van der Waals surface area contributed by atoms with Gasteiger partial charge in [-0.2, -0.15) is 36.7 Å². The number of nitrogens with one attached hydrogen (secondary N) is 1. The number of carbonyl (C=O) groups is 2. The summed E-state index contributed by atoms with van der Waals surface area (Å²) in [6.07, 6.45) is -6.12. The SMILES string of the molecule is CC(=O)OCC(CNCc1c(S(=O)(=O)C(F)(F)F)c(C#N)nn1-c1c(Cl)cc(C(F)(F)F)cc1Cl)OC(C)=O. The van der Waals surface area contributed by atoms with Gasteiger partial charge in [-0.1, -0.05) is 23.2 Å². The van der Waals surface area contributed by atoms with E-state index in [-0.39, 0.29) is 0 Å². The van der Waals surface area contributed by atoms with E-state index in [9.17, 15) is 49.6 Å². The van der Waals surface area contributed by atoms with Crippen LogP contribution in [0.25, 0.3) is 5.69 Å². The lowest BCUT2D eigenvalue weighted by Gasteiger charge is -2.19. The van der Waals surface area contributed by atoms with Gasteiger partial charge in [-0.15, -0.1) is 0 Å². The first kappa shape index (κ1) is 32.1. The molecule has 0 aliphatic heterocycles. The van der Waals surface area contributed by atoms with Gasteiger partial charge in [0, 0.05) is 26.9 Å². The van der Waals surface area contributed by atoms with Gasteiger partial charge in [-0.05, 0) is 12.1 Å². The number of rotatable bonds is 9. The lowest BCUT2D eigenvalue weighted by molar-refractivity contribution is -0.156. The van der Waals surface area contributed by atoms with Gasteiger partial charge < -0.3 is 14.8 Å². The van der Waals surface area contributed by atoms with Gasteiger partial charge in [0.2, 0.25) is 0 Å². The summed E-state index contributed by atoms with van der Waals surface area (Å²) >= 11 is 11.9. The van der Waals surface area contributed by atoms with Crippen molar-refractivity contribution < 1.29 is 53.8 Å². The minimum Gasteiger partial charge on any atom is -0.462 e. The largest absolute Gasteiger partial charge is 0.502 e. The van der Waals surface area contributed by atoms with Gasteiger partial charge in [0.15, 0.2) is 5.69 Å². The van der Waals surface area contributed by atoms with Gasteiger partial charge >= 0.3 is 23.6 Å². The molecule has 1 aromatic carbocycles. The van der Waals surface area contributed by atoms with Crippen LogP contribution in [0.2, 0.25) is 10.0 Å². The van der Waals surface area contributed by atoms with E-state index in [4.69, 9.17) is 32.7 Å². The average Bonchev–Trinajstić information content (AvgIpc) is 3.13. The van der Waals surface area contributed by atoms with Gasteiger partial charge in [-0.25, -0.2) is 13.1 Å². The molecule has 10 nitrogen and oxygen atoms in total. The minimum atomic E-state index is -6.25. The normalized spacial score (nSPS) is 13.1. The van der Waals surface area contributed by atoms with Crippen molar-refractivity contribution in [3.8, 4) is 11.8 Å². The topological polar surface area (TPSA) is 140 Å². The summed E-state index contributed by atoms with van der Waals surface area (Å²) < 4.78 is 115. The van der Waals surface area contributed by atoms with Crippen LogP contribution in [0, 0.1) is 11.3 Å². The summed E-state index contributed by atoms with van der Waals surface area (Å²) in [6.45, 7) is 0.281. The zero-order chi connectivity index (χ0) is 29.9. The van der Waals surface area contributed by atoms with Crippen LogP contribution in [0.4, 0.5) is 26.3 Å². The summed E-state index contributed by atoms with van der Waals surface area (Å²) in [7, 11) is -6.25. The number of hydrogen-bond donors (Lipinski definition) is 1. The molecule has 19 heteroatoms. The number of hydrogen-bond acceptors (Lipinski definition) is 9. The van der Waals surface area contributed by atoms with Crippen LogP contribution in [-0.2, 0) is 41.6 Å². The maximum atomic E-state index is 13.5. The molecular weight excluding hydrogens is 609 g/mol. The number of benzene rings is 1. The van der Waals surface area contributed by atoms with Crippen LogP contribution in [0.15, 0.2) is 17.0 Å². The van der Waals surface area contributed by atoms with Crippen LogP contribution in [0.5, 0.6) is 0 Å². The zero-order valence-corrected chi connectivity index (χ0v) is 21.9. The standard InChI is InChI=1S/C20H16Cl2F6N4O6S/c1-9(33)37-8-12(38-10(2)34)6-30-7-16-18(39(35,36)20(26,27)28)15(5-29)31-32(16)17-13(21)3-11(4-14(17)22)19(23,24)25/h3-4,12,30H,6-8H2,1-2H3. The first-order chi connectivity index (χ1) is 17.8. The molecule has 0 fully saturated rings. The zero-order valence-electron chi connectivity index (χ0n) is 19.6. The number of alkyl halides is 6. The minimum absolute atomic E-state index is 0.376. The number of aromatic nitrogens is 2. The number of ether oxygens (including phenoxy) is 2. The van der Waals surface area contributed by atoms with Crippen molar-refractivity contribution in [1.29, 1.82) is 5.26 Å². The third kappa shape index (κ3) is 7.53. The molecule has 1 unspecified atom stereocenters. The van der Waals surface area contributed by atoms with Crippen LogP contribution in [0.3, 0.4) is 0 Å². The van der Waals surface area contributed by atoms with Gasteiger partial charge in [0.25, 0.3) is 9.84 Å². The highest BCUT2D eigenvalue weighted by atomic mass is 35.5. The number of nitriles is 1. The Morgan fingerprint density at radius 1 is 1.13 bits per heavy atom. The summed E-state index contributed by atoms with van der Waals surface area (Å²) in [5.41, 5.74) is -10.0. The molecule has 2 rings (SSSR count). The summed E-state index contributed by atoms with van der Waals surface area (Å²) in [4.78, 5) is 20.8. The van der Waals surface area contributed by atoms with Gasteiger partial charge in [-0.3, -0.25) is 9.59 Å². The Morgan fingerprint density at radius 3 is 2.13 bits per heavy atom. The fourth-order valence-corrected chi connectivity index (χ4v) is 4.80. The average molecular weight is 625 g/mol. The van der Waals surface area contributed by atoms with Crippen LogP contribution < -0.4 is 5.32 Å². The third-order valence-corrected chi connectivity index (χ3v) is 6.79. The van der Waals surface area contributed by atoms with Crippen molar-refractivity contribution in [3.05, 3.63) is 39.1 Å². The van der Waals surface area contributed by atoms with Crippen LogP contribution >= 0.6 is 23.2 Å². The third-order valence-electron chi connectivity index (χ3n) is 4.64. The Bertz CT molecular complexity index is 1400. The van der Waals surface area contributed by atoms with Gasteiger partial charge in [0.1, 0.15) is 29.4 Å². The Hall–Kier alpha value is -3.07. The number of esters is 2. The second-order valence-electron chi connectivity index (χ2n) is 7.55. The molecule has 0 aliphatic rings. The first-order valence-corrected chi connectivity index (χ1v) is 12.5. The number of carbonyl (C=O) groups excluding carboxylic acids is 2. The quantitative estimate of drug-likeness (QED) is 0.324. The summed E-state index contributed by atoms with van der Waals surface area (Å²) in [5.74, 6) is -1.58. The Kier molecular flexibility index (Phi) is 9.88. The van der Waals surface area contributed by atoms with Crippen molar-refractivity contribution in [1.82, 2.24) is 15.1 Å². The smallest absolute Gasteiger partial charge is 0.462 e. The van der Waals surface area contributed by atoms with Crippen LogP contribution in [0.1, 0.15) is 30.8 Å². The molecule has 0 amide bonds. The highest BCUT2D eigenvalue weighted by molar-refractivity contribution is 7.92. The highest BCUT2D eigenvalue weighted by Crippen LogP contribution is 2.40. The molecule has 39 heavy (non-hydrogen) atoms. The molecule has 0 aliphatic carbocycles. The van der Waals surface area contributed by atoms with E-state index < -0.39 is 96.8 Å².